The van der Waals surface area contributed by atoms with Crippen LogP contribution in [0.3, 0.4) is 0 Å². The minimum Gasteiger partial charge on any atom is -0.453 e. The third-order valence-corrected chi connectivity index (χ3v) is 5.86. The smallest absolute Gasteiger partial charge is 0.409 e. The summed E-state index contributed by atoms with van der Waals surface area (Å²) < 4.78 is 26.4. The molecule has 1 N–H and O–H groups in total. The highest BCUT2D eigenvalue weighted by atomic mass is 19.1. The molecule has 1 saturated heterocycles. The fourth-order valence-electron chi connectivity index (χ4n) is 3.81. The summed E-state index contributed by atoms with van der Waals surface area (Å²) in [6.45, 7) is 4.33. The van der Waals surface area contributed by atoms with E-state index >= 15 is 0 Å². The Bertz CT molecular complexity index is 1420. The number of fused-ring (bicyclic) bond motifs is 1. The summed E-state index contributed by atoms with van der Waals surface area (Å²) in [5, 5.41) is 6.73. The number of nitrogens with zero attached hydrogens (tertiary/aromatic N) is 5. The predicted octanol–water partition coefficient (Wildman–Crippen LogP) is 3.56. The van der Waals surface area contributed by atoms with Crippen LogP contribution in [0, 0.1) is 19.7 Å². The zero-order valence-electron chi connectivity index (χ0n) is 18.7. The molecule has 4 heterocycles. The second-order valence-corrected chi connectivity index (χ2v) is 8.19. The molecule has 1 aliphatic heterocycles. The molecule has 0 radical (unpaired) electrons. The first-order valence-corrected chi connectivity index (χ1v) is 10.6. The molecule has 0 saturated carbocycles. The van der Waals surface area contributed by atoms with E-state index in [4.69, 9.17) is 4.52 Å². The van der Waals surface area contributed by atoms with E-state index in [9.17, 15) is 14.0 Å². The van der Waals surface area contributed by atoms with Crippen molar-refractivity contribution in [3.8, 4) is 11.5 Å². The zero-order chi connectivity index (χ0) is 24.0. The molecule has 2 amide bonds. The quantitative estimate of drug-likeness (QED) is 0.491. The van der Waals surface area contributed by atoms with Crippen molar-refractivity contribution in [2.45, 2.75) is 19.8 Å². The first-order chi connectivity index (χ1) is 16.3. The minimum atomic E-state index is -0.526. The predicted molar refractivity (Wildman–Crippen MR) is 119 cm³/mol. The van der Waals surface area contributed by atoms with Gasteiger partial charge in [0.2, 0.25) is 0 Å². The number of pyridine rings is 1. The Morgan fingerprint density at radius 2 is 2.03 bits per heavy atom. The van der Waals surface area contributed by atoms with Gasteiger partial charge in [0, 0.05) is 36.1 Å². The maximum atomic E-state index is 14.7. The Balaban J connectivity index is 1.38. The number of likely N-dealkylation sites (tertiary alicyclic amines) is 1. The van der Waals surface area contributed by atoms with Gasteiger partial charge in [-0.05, 0) is 43.7 Å². The van der Waals surface area contributed by atoms with Gasteiger partial charge in [0.1, 0.15) is 17.2 Å². The second-order valence-electron chi connectivity index (χ2n) is 8.19. The number of rotatable bonds is 4. The number of halogens is 1. The third-order valence-electron chi connectivity index (χ3n) is 5.86. The number of benzene rings is 1. The second kappa shape index (κ2) is 8.25. The lowest BCUT2D eigenvalue weighted by atomic mass is 10.0. The monoisotopic (exact) mass is 464 g/mol. The van der Waals surface area contributed by atoms with Crippen LogP contribution < -0.4 is 5.32 Å². The standard InChI is InChI=1S/C23H21FN6O4/c1-12-4-5-30-18(9-25-19(30)6-12)21(31)26-17-8-14(7-16(24)13(17)2)22-27-20(28-34-22)15-10-29(11-15)23(32)33-3/h4-9,15H,10-11H2,1-3H3,(H,26,31). The lowest BCUT2D eigenvalue weighted by Gasteiger charge is -2.35. The number of imidazole rings is 1. The molecule has 1 aromatic carbocycles. The number of anilines is 1. The van der Waals surface area contributed by atoms with Crippen molar-refractivity contribution < 1.29 is 23.2 Å². The van der Waals surface area contributed by atoms with Gasteiger partial charge in [0.25, 0.3) is 11.8 Å². The molecule has 0 atom stereocenters. The SMILES string of the molecule is COC(=O)N1CC(c2noc(-c3cc(F)c(C)c(NC(=O)c4cnc5cc(C)ccn45)c3)n2)C1. The lowest BCUT2D eigenvalue weighted by molar-refractivity contribution is 0.0857. The van der Waals surface area contributed by atoms with Gasteiger partial charge in [0.15, 0.2) is 5.82 Å². The maximum Gasteiger partial charge on any atom is 0.409 e. The molecule has 174 valence electrons. The van der Waals surface area contributed by atoms with E-state index in [1.54, 1.807) is 23.6 Å². The molecule has 0 bridgehead atoms. The Morgan fingerprint density at radius 1 is 1.24 bits per heavy atom. The largest absolute Gasteiger partial charge is 0.453 e. The Labute approximate surface area is 193 Å². The molecule has 1 fully saturated rings. The zero-order valence-corrected chi connectivity index (χ0v) is 18.7. The van der Waals surface area contributed by atoms with E-state index in [2.05, 4.69) is 25.2 Å². The van der Waals surface area contributed by atoms with E-state index < -0.39 is 17.8 Å². The molecule has 5 rings (SSSR count). The maximum absolute atomic E-state index is 14.7. The van der Waals surface area contributed by atoms with Crippen molar-refractivity contribution in [2.75, 3.05) is 25.5 Å². The van der Waals surface area contributed by atoms with Crippen molar-refractivity contribution in [1.29, 1.82) is 0 Å². The highest BCUT2D eigenvalue weighted by Crippen LogP contribution is 2.30. The normalized spacial score (nSPS) is 13.7. The summed E-state index contributed by atoms with van der Waals surface area (Å²) in [5.41, 5.74) is 2.86. The summed E-state index contributed by atoms with van der Waals surface area (Å²) in [5.74, 6) is -0.514. The van der Waals surface area contributed by atoms with Crippen molar-refractivity contribution in [2.24, 2.45) is 0 Å². The number of methoxy groups -OCH3 is 1. The fourth-order valence-corrected chi connectivity index (χ4v) is 3.81. The van der Waals surface area contributed by atoms with Crippen LogP contribution in [0.4, 0.5) is 14.9 Å². The van der Waals surface area contributed by atoms with E-state index in [0.717, 1.165) is 5.56 Å². The van der Waals surface area contributed by atoms with Crippen LogP contribution in [-0.4, -0.2) is 56.6 Å². The van der Waals surface area contributed by atoms with Gasteiger partial charge in [-0.1, -0.05) is 5.16 Å². The van der Waals surface area contributed by atoms with Crippen LogP contribution in [0.5, 0.6) is 0 Å². The highest BCUT2D eigenvalue weighted by molar-refractivity contribution is 6.04. The first-order valence-electron chi connectivity index (χ1n) is 10.6. The number of aryl methyl sites for hydroxylation is 1. The van der Waals surface area contributed by atoms with Gasteiger partial charge in [-0.25, -0.2) is 14.2 Å². The minimum absolute atomic E-state index is 0.0927. The summed E-state index contributed by atoms with van der Waals surface area (Å²) in [6.07, 6.45) is 2.82. The number of ether oxygens (including phenoxy) is 1. The van der Waals surface area contributed by atoms with E-state index in [-0.39, 0.29) is 23.1 Å². The van der Waals surface area contributed by atoms with Crippen molar-refractivity contribution in [1.82, 2.24) is 24.4 Å². The molecule has 0 aliphatic carbocycles. The van der Waals surface area contributed by atoms with E-state index in [1.165, 1.54) is 24.3 Å². The van der Waals surface area contributed by atoms with Gasteiger partial charge >= 0.3 is 6.09 Å². The molecule has 0 unspecified atom stereocenters. The van der Waals surface area contributed by atoms with E-state index in [1.807, 2.05) is 19.1 Å². The molecule has 4 aromatic rings. The van der Waals surface area contributed by atoms with Crippen LogP contribution in [0.2, 0.25) is 0 Å². The summed E-state index contributed by atoms with van der Waals surface area (Å²) in [7, 11) is 1.32. The summed E-state index contributed by atoms with van der Waals surface area (Å²) >= 11 is 0. The van der Waals surface area contributed by atoms with Crippen LogP contribution in [0.15, 0.2) is 41.2 Å². The fraction of sp³-hybridized carbons (Fsp3) is 0.261. The lowest BCUT2D eigenvalue weighted by Crippen LogP contribution is -2.48. The van der Waals surface area contributed by atoms with Crippen molar-refractivity contribution >= 4 is 23.3 Å². The topological polar surface area (TPSA) is 115 Å². The summed E-state index contributed by atoms with van der Waals surface area (Å²) in [4.78, 5) is 34.6. The Morgan fingerprint density at radius 3 is 2.79 bits per heavy atom. The average molecular weight is 464 g/mol. The molecule has 1 aliphatic rings. The van der Waals surface area contributed by atoms with Gasteiger partial charge in [-0.2, -0.15) is 4.98 Å². The number of aromatic nitrogens is 4. The van der Waals surface area contributed by atoms with Crippen LogP contribution in [0.25, 0.3) is 17.1 Å². The molecule has 3 aromatic heterocycles. The number of amides is 2. The van der Waals surface area contributed by atoms with Gasteiger partial charge in [-0.3, -0.25) is 9.20 Å². The van der Waals surface area contributed by atoms with Crippen LogP contribution in [-0.2, 0) is 4.74 Å². The molecule has 10 nitrogen and oxygen atoms in total. The van der Waals surface area contributed by atoms with Gasteiger partial charge in [-0.15, -0.1) is 0 Å². The number of nitrogens with one attached hydrogen (secondary N) is 1. The van der Waals surface area contributed by atoms with Crippen LogP contribution >= 0.6 is 0 Å². The number of carbonyl (C=O) groups excluding carboxylic acids is 2. The molecule has 0 spiro atoms. The van der Waals surface area contributed by atoms with Crippen LogP contribution in [0.1, 0.15) is 33.4 Å². The Hall–Kier alpha value is -4.28. The Kier molecular flexibility index (Phi) is 5.23. The molecular weight excluding hydrogens is 443 g/mol. The first kappa shape index (κ1) is 21.6. The average Bonchev–Trinajstić information content (AvgIpc) is 3.42. The molecule has 34 heavy (non-hydrogen) atoms. The van der Waals surface area contributed by atoms with Gasteiger partial charge in [0.05, 0.1) is 19.2 Å². The molecular formula is C23H21FN6O4. The summed E-state index contributed by atoms with van der Waals surface area (Å²) in [6, 6.07) is 6.60. The highest BCUT2D eigenvalue weighted by Gasteiger charge is 2.35. The number of hydrogen-bond acceptors (Lipinski definition) is 7. The number of carbonyl (C=O) groups is 2. The van der Waals surface area contributed by atoms with Gasteiger partial charge < -0.3 is 19.5 Å². The molecule has 11 heteroatoms. The van der Waals surface area contributed by atoms with Crippen molar-refractivity contribution in [3.05, 3.63) is 65.1 Å². The van der Waals surface area contributed by atoms with E-state index in [0.29, 0.717) is 35.8 Å². The van der Waals surface area contributed by atoms with Crippen molar-refractivity contribution in [3.63, 3.8) is 0 Å². The number of hydrogen-bond donors (Lipinski definition) is 1. The third kappa shape index (κ3) is 3.74.